The highest BCUT2D eigenvalue weighted by Gasteiger charge is 2.07. The Kier molecular flexibility index (Phi) is 2.31. The van der Waals surface area contributed by atoms with Gasteiger partial charge in [0.2, 0.25) is 0 Å². The first-order valence-corrected chi connectivity index (χ1v) is 4.69. The van der Waals surface area contributed by atoms with Crippen LogP contribution in [-0.4, -0.2) is 4.57 Å². The average molecular weight is 207 g/mol. The van der Waals surface area contributed by atoms with Crippen LogP contribution < -0.4 is 0 Å². The number of hydrogen-bond donors (Lipinski definition) is 0. The van der Waals surface area contributed by atoms with Crippen molar-refractivity contribution in [3.63, 3.8) is 0 Å². The largest absolute Gasteiger partial charge is 0.318 e. The van der Waals surface area contributed by atoms with Crippen LogP contribution in [0.2, 0.25) is 0 Å². The van der Waals surface area contributed by atoms with Gasteiger partial charge in [0.15, 0.2) is 0 Å². The monoisotopic (exact) mass is 207 g/mol. The molecule has 1 heterocycles. The summed E-state index contributed by atoms with van der Waals surface area (Å²) in [6.07, 6.45) is 1.83. The number of hydrogen-bond acceptors (Lipinski definition) is 0. The van der Waals surface area contributed by atoms with Gasteiger partial charge in [0.05, 0.1) is 5.69 Å². The number of benzene rings is 1. The highest BCUT2D eigenvalue weighted by Crippen LogP contribution is 2.18. The number of halogens is 2. The molecule has 0 fully saturated rings. The van der Waals surface area contributed by atoms with Crippen LogP contribution >= 0.6 is 0 Å². The molecule has 0 aliphatic heterocycles. The Bertz CT molecular complexity index is 500. The second-order valence-corrected chi connectivity index (χ2v) is 3.62. The first kappa shape index (κ1) is 9.90. The molecule has 0 saturated carbocycles. The van der Waals surface area contributed by atoms with Crippen molar-refractivity contribution in [3.05, 3.63) is 53.4 Å². The van der Waals surface area contributed by atoms with Gasteiger partial charge in [-0.05, 0) is 37.6 Å². The summed E-state index contributed by atoms with van der Waals surface area (Å²) >= 11 is 0. The number of aryl methyl sites for hydroxylation is 2. The highest BCUT2D eigenvalue weighted by molar-refractivity contribution is 5.38. The molecule has 0 aliphatic carbocycles. The third-order valence-electron chi connectivity index (χ3n) is 2.32. The third-order valence-corrected chi connectivity index (χ3v) is 2.32. The SMILES string of the molecule is Cc1cc(C)n(-c2ccc(F)cc2F)c1. The molecule has 1 nitrogen and oxygen atoms in total. The summed E-state index contributed by atoms with van der Waals surface area (Å²) in [6, 6.07) is 5.54. The van der Waals surface area contributed by atoms with E-state index in [1.807, 2.05) is 26.1 Å². The maximum absolute atomic E-state index is 13.5. The van der Waals surface area contributed by atoms with Crippen molar-refractivity contribution in [3.8, 4) is 5.69 Å². The lowest BCUT2D eigenvalue weighted by Gasteiger charge is -2.07. The molecule has 0 unspecified atom stereocenters. The molecule has 15 heavy (non-hydrogen) atoms. The summed E-state index contributed by atoms with van der Waals surface area (Å²) in [7, 11) is 0. The van der Waals surface area contributed by atoms with E-state index < -0.39 is 11.6 Å². The van der Waals surface area contributed by atoms with Crippen LogP contribution in [0, 0.1) is 25.5 Å². The van der Waals surface area contributed by atoms with Crippen LogP contribution in [0.1, 0.15) is 11.3 Å². The molecule has 0 bridgehead atoms. The number of aromatic nitrogens is 1. The maximum atomic E-state index is 13.5. The molecule has 1 aromatic carbocycles. The zero-order chi connectivity index (χ0) is 11.0. The van der Waals surface area contributed by atoms with Gasteiger partial charge in [-0.25, -0.2) is 8.78 Å². The molecule has 78 valence electrons. The molecule has 0 atom stereocenters. The highest BCUT2D eigenvalue weighted by atomic mass is 19.1. The zero-order valence-electron chi connectivity index (χ0n) is 8.59. The summed E-state index contributed by atoms with van der Waals surface area (Å²) in [4.78, 5) is 0. The van der Waals surface area contributed by atoms with E-state index in [4.69, 9.17) is 0 Å². The summed E-state index contributed by atoms with van der Waals surface area (Å²) < 4.78 is 27.9. The van der Waals surface area contributed by atoms with E-state index >= 15 is 0 Å². The fourth-order valence-electron chi connectivity index (χ4n) is 1.68. The van der Waals surface area contributed by atoms with E-state index in [9.17, 15) is 8.78 Å². The minimum absolute atomic E-state index is 0.377. The van der Waals surface area contributed by atoms with E-state index in [0.717, 1.165) is 17.3 Å². The Hall–Kier alpha value is -1.64. The van der Waals surface area contributed by atoms with Crippen molar-refractivity contribution < 1.29 is 8.78 Å². The van der Waals surface area contributed by atoms with Crippen LogP contribution in [-0.2, 0) is 0 Å². The first-order valence-electron chi connectivity index (χ1n) is 4.69. The topological polar surface area (TPSA) is 4.93 Å². The Labute approximate surface area is 87.0 Å². The molecular formula is C12H11F2N. The Morgan fingerprint density at radius 2 is 1.80 bits per heavy atom. The van der Waals surface area contributed by atoms with Gasteiger partial charge in [0.1, 0.15) is 11.6 Å². The summed E-state index contributed by atoms with van der Waals surface area (Å²) in [6.45, 7) is 3.82. The lowest BCUT2D eigenvalue weighted by molar-refractivity contribution is 0.577. The molecule has 0 spiro atoms. The lowest BCUT2D eigenvalue weighted by atomic mass is 10.3. The van der Waals surface area contributed by atoms with Crippen LogP contribution in [0.5, 0.6) is 0 Å². The van der Waals surface area contributed by atoms with Crippen molar-refractivity contribution in [2.24, 2.45) is 0 Å². The molecule has 3 heteroatoms. The number of rotatable bonds is 1. The van der Waals surface area contributed by atoms with E-state index in [-0.39, 0.29) is 0 Å². The van der Waals surface area contributed by atoms with Crippen LogP contribution in [0.4, 0.5) is 8.78 Å². The zero-order valence-corrected chi connectivity index (χ0v) is 8.59. The summed E-state index contributed by atoms with van der Waals surface area (Å²) in [5.41, 5.74) is 2.36. The minimum Gasteiger partial charge on any atom is -0.318 e. The van der Waals surface area contributed by atoms with Gasteiger partial charge < -0.3 is 4.57 Å². The van der Waals surface area contributed by atoms with E-state index in [1.54, 1.807) is 4.57 Å². The Balaban J connectivity index is 2.59. The Morgan fingerprint density at radius 3 is 2.33 bits per heavy atom. The van der Waals surface area contributed by atoms with Crippen molar-refractivity contribution in [1.29, 1.82) is 0 Å². The molecule has 1 aromatic heterocycles. The normalized spacial score (nSPS) is 10.7. The predicted octanol–water partition coefficient (Wildman–Crippen LogP) is 3.37. The molecule has 0 amide bonds. The van der Waals surface area contributed by atoms with Gasteiger partial charge in [0.25, 0.3) is 0 Å². The molecule has 0 N–H and O–H groups in total. The fraction of sp³-hybridized carbons (Fsp3) is 0.167. The van der Waals surface area contributed by atoms with Gasteiger partial charge in [-0.1, -0.05) is 0 Å². The molecular weight excluding hydrogens is 196 g/mol. The smallest absolute Gasteiger partial charge is 0.150 e. The summed E-state index contributed by atoms with van der Waals surface area (Å²) in [5, 5.41) is 0. The molecule has 2 aromatic rings. The standard InChI is InChI=1S/C12H11F2N/c1-8-5-9(2)15(7-8)12-4-3-10(13)6-11(12)14/h3-7H,1-2H3. The van der Waals surface area contributed by atoms with Gasteiger partial charge in [-0.3, -0.25) is 0 Å². The summed E-state index contributed by atoms with van der Waals surface area (Å²) in [5.74, 6) is -1.11. The number of nitrogens with zero attached hydrogens (tertiary/aromatic N) is 1. The van der Waals surface area contributed by atoms with Gasteiger partial charge in [0, 0.05) is 18.0 Å². The van der Waals surface area contributed by atoms with Crippen molar-refractivity contribution in [2.45, 2.75) is 13.8 Å². The quantitative estimate of drug-likeness (QED) is 0.675. The van der Waals surface area contributed by atoms with Crippen molar-refractivity contribution in [1.82, 2.24) is 4.57 Å². The Morgan fingerprint density at radius 1 is 1.07 bits per heavy atom. The first-order chi connectivity index (χ1) is 7.08. The molecule has 0 aliphatic rings. The van der Waals surface area contributed by atoms with E-state index in [2.05, 4.69) is 0 Å². The van der Waals surface area contributed by atoms with Crippen LogP contribution in [0.15, 0.2) is 30.5 Å². The van der Waals surface area contributed by atoms with Crippen molar-refractivity contribution >= 4 is 0 Å². The minimum atomic E-state index is -0.558. The van der Waals surface area contributed by atoms with Gasteiger partial charge in [-0.2, -0.15) is 0 Å². The van der Waals surface area contributed by atoms with Crippen LogP contribution in [0.25, 0.3) is 5.69 Å². The maximum Gasteiger partial charge on any atom is 0.150 e. The van der Waals surface area contributed by atoms with Crippen molar-refractivity contribution in [2.75, 3.05) is 0 Å². The second-order valence-electron chi connectivity index (χ2n) is 3.62. The predicted molar refractivity (Wildman–Crippen MR) is 55.2 cm³/mol. The molecule has 0 saturated heterocycles. The molecule has 2 rings (SSSR count). The molecule has 0 radical (unpaired) electrons. The van der Waals surface area contributed by atoms with E-state index in [0.29, 0.717) is 5.69 Å². The van der Waals surface area contributed by atoms with Gasteiger partial charge >= 0.3 is 0 Å². The average Bonchev–Trinajstić information content (AvgIpc) is 2.45. The second kappa shape index (κ2) is 3.50. The third kappa shape index (κ3) is 1.77. The van der Waals surface area contributed by atoms with Gasteiger partial charge in [-0.15, -0.1) is 0 Å². The fourth-order valence-corrected chi connectivity index (χ4v) is 1.68. The van der Waals surface area contributed by atoms with Crippen LogP contribution in [0.3, 0.4) is 0 Å². The van der Waals surface area contributed by atoms with E-state index in [1.165, 1.54) is 12.1 Å². The lowest BCUT2D eigenvalue weighted by Crippen LogP contribution is -1.98.